The van der Waals surface area contributed by atoms with Gasteiger partial charge in [0.1, 0.15) is 11.4 Å². The van der Waals surface area contributed by atoms with Gasteiger partial charge in [-0.2, -0.15) is 0 Å². The van der Waals surface area contributed by atoms with Crippen molar-refractivity contribution in [2.75, 3.05) is 18.0 Å². The first-order chi connectivity index (χ1) is 13.3. The Morgan fingerprint density at radius 2 is 2.04 bits per heavy atom. The summed E-state index contributed by atoms with van der Waals surface area (Å²) in [6.07, 6.45) is 4.22. The molecule has 0 bridgehead atoms. The van der Waals surface area contributed by atoms with E-state index in [1.54, 1.807) is 16.0 Å². The van der Waals surface area contributed by atoms with Gasteiger partial charge in [0, 0.05) is 24.7 Å². The Bertz CT molecular complexity index is 883. The minimum atomic E-state index is -0.558. The van der Waals surface area contributed by atoms with Crippen molar-refractivity contribution in [1.29, 1.82) is 0 Å². The minimum absolute atomic E-state index is 0.190. The number of aromatic nitrogens is 1. The average Bonchev–Trinajstić information content (AvgIpc) is 2.67. The van der Waals surface area contributed by atoms with Gasteiger partial charge in [0.15, 0.2) is 0 Å². The first-order valence-corrected chi connectivity index (χ1v) is 9.57. The molecule has 1 aliphatic heterocycles. The van der Waals surface area contributed by atoms with E-state index < -0.39 is 5.60 Å². The second-order valence-corrected chi connectivity index (χ2v) is 7.99. The monoisotopic (exact) mass is 381 g/mol. The van der Waals surface area contributed by atoms with Crippen LogP contribution in [0.25, 0.3) is 10.8 Å². The molecule has 6 heteroatoms. The molecule has 1 saturated heterocycles. The van der Waals surface area contributed by atoms with Gasteiger partial charge in [-0.1, -0.05) is 30.8 Å². The van der Waals surface area contributed by atoms with Crippen molar-refractivity contribution < 1.29 is 14.3 Å². The number of fused-ring (bicyclic) bond motifs is 1. The largest absolute Gasteiger partial charge is 0.444 e. The zero-order chi connectivity index (χ0) is 20.3. The van der Waals surface area contributed by atoms with Gasteiger partial charge in [-0.15, -0.1) is 0 Å². The summed E-state index contributed by atoms with van der Waals surface area (Å²) in [5.41, 5.74) is -0.558. The summed E-state index contributed by atoms with van der Waals surface area (Å²) < 4.78 is 5.52. The molecule has 6 nitrogen and oxygen atoms in total. The number of benzene rings is 1. The average molecular weight is 381 g/mol. The molecule has 0 saturated carbocycles. The molecule has 2 heterocycles. The lowest BCUT2D eigenvalue weighted by Gasteiger charge is -2.39. The standard InChI is InChI=1S/C22H27N3O3/c1-5-19(26)25(20-18-11-7-6-9-16(18)12-13-23-20)17-10-8-14-24(15-17)21(27)28-22(2,3)4/h5-7,9,11-13,17H,1,8,10,14-15H2,2-4H3/t17-/m1/s1. The minimum Gasteiger partial charge on any atom is -0.444 e. The molecule has 0 N–H and O–H groups in total. The van der Waals surface area contributed by atoms with E-state index in [1.807, 2.05) is 51.1 Å². The Hall–Kier alpha value is -2.89. The lowest BCUT2D eigenvalue weighted by molar-refractivity contribution is -0.114. The lowest BCUT2D eigenvalue weighted by atomic mass is 10.0. The van der Waals surface area contributed by atoms with Crippen LogP contribution in [0.2, 0.25) is 0 Å². The number of hydrogen-bond acceptors (Lipinski definition) is 4. The smallest absolute Gasteiger partial charge is 0.410 e. The molecular formula is C22H27N3O3. The van der Waals surface area contributed by atoms with Gasteiger partial charge in [-0.25, -0.2) is 9.78 Å². The number of hydrogen-bond donors (Lipinski definition) is 0. The number of ether oxygens (including phenoxy) is 1. The lowest BCUT2D eigenvalue weighted by Crippen LogP contribution is -2.52. The van der Waals surface area contributed by atoms with Crippen LogP contribution in [0.3, 0.4) is 0 Å². The van der Waals surface area contributed by atoms with Crippen molar-refractivity contribution in [3.05, 3.63) is 49.2 Å². The molecule has 1 atom stereocenters. The highest BCUT2D eigenvalue weighted by Crippen LogP contribution is 2.29. The van der Waals surface area contributed by atoms with E-state index in [1.165, 1.54) is 6.08 Å². The van der Waals surface area contributed by atoms with Crippen molar-refractivity contribution >= 4 is 28.6 Å². The third kappa shape index (κ3) is 4.32. The fourth-order valence-electron chi connectivity index (χ4n) is 3.51. The summed E-state index contributed by atoms with van der Waals surface area (Å²) in [4.78, 5) is 33.2. The van der Waals surface area contributed by atoms with Gasteiger partial charge in [0.25, 0.3) is 5.91 Å². The van der Waals surface area contributed by atoms with Crippen molar-refractivity contribution in [3.8, 4) is 0 Å². The quantitative estimate of drug-likeness (QED) is 0.749. The van der Waals surface area contributed by atoms with Crippen LogP contribution in [-0.4, -0.2) is 46.6 Å². The molecule has 0 unspecified atom stereocenters. The number of likely N-dealkylation sites (tertiary alicyclic amines) is 1. The molecule has 1 aromatic heterocycles. The Balaban J connectivity index is 1.93. The molecule has 28 heavy (non-hydrogen) atoms. The molecular weight excluding hydrogens is 354 g/mol. The van der Waals surface area contributed by atoms with Gasteiger partial charge in [-0.05, 0) is 51.1 Å². The number of nitrogens with zero attached hydrogens (tertiary/aromatic N) is 3. The van der Waals surface area contributed by atoms with Gasteiger partial charge >= 0.3 is 6.09 Å². The van der Waals surface area contributed by atoms with E-state index in [2.05, 4.69) is 11.6 Å². The zero-order valence-electron chi connectivity index (χ0n) is 16.7. The van der Waals surface area contributed by atoms with Gasteiger partial charge in [0.05, 0.1) is 6.04 Å². The third-order valence-corrected chi connectivity index (χ3v) is 4.71. The van der Waals surface area contributed by atoms with Crippen molar-refractivity contribution in [2.45, 2.75) is 45.3 Å². The SMILES string of the molecule is C=CC(=O)N(c1nccc2ccccc12)[C@@H]1CCCN(C(=O)OC(C)(C)C)C1. The molecule has 0 radical (unpaired) electrons. The van der Waals surface area contributed by atoms with Crippen LogP contribution in [0.1, 0.15) is 33.6 Å². The summed E-state index contributed by atoms with van der Waals surface area (Å²) in [5, 5.41) is 1.91. The van der Waals surface area contributed by atoms with E-state index in [9.17, 15) is 9.59 Å². The highest BCUT2D eigenvalue weighted by Gasteiger charge is 2.33. The number of carbonyl (C=O) groups excluding carboxylic acids is 2. The molecule has 3 rings (SSSR count). The number of carbonyl (C=O) groups is 2. The topological polar surface area (TPSA) is 62.7 Å². The maximum atomic E-state index is 12.8. The molecule has 1 aliphatic rings. The Kier molecular flexibility index (Phi) is 5.68. The number of rotatable bonds is 3. The molecule has 1 aromatic carbocycles. The van der Waals surface area contributed by atoms with Crippen molar-refractivity contribution in [3.63, 3.8) is 0 Å². The van der Waals surface area contributed by atoms with Gasteiger partial charge in [0.2, 0.25) is 0 Å². The number of anilines is 1. The highest BCUT2D eigenvalue weighted by atomic mass is 16.6. The molecule has 148 valence electrons. The zero-order valence-corrected chi connectivity index (χ0v) is 16.7. The molecule has 2 aromatic rings. The Morgan fingerprint density at radius 3 is 2.75 bits per heavy atom. The van der Waals surface area contributed by atoms with Crippen LogP contribution in [0.4, 0.5) is 10.6 Å². The second kappa shape index (κ2) is 8.00. The van der Waals surface area contributed by atoms with E-state index >= 15 is 0 Å². The number of amides is 2. The summed E-state index contributed by atoms with van der Waals surface area (Å²) in [6, 6.07) is 9.56. The van der Waals surface area contributed by atoms with Crippen LogP contribution in [0.5, 0.6) is 0 Å². The highest BCUT2D eigenvalue weighted by molar-refractivity contribution is 6.06. The first kappa shape index (κ1) is 19.9. The summed E-state index contributed by atoms with van der Waals surface area (Å²) in [6.45, 7) is 10.2. The Labute approximate surface area is 165 Å². The summed E-state index contributed by atoms with van der Waals surface area (Å²) in [5.74, 6) is 0.374. The Morgan fingerprint density at radius 1 is 1.29 bits per heavy atom. The molecule has 1 fully saturated rings. The normalized spacial score (nSPS) is 17.2. The van der Waals surface area contributed by atoms with Gasteiger partial charge in [-0.3, -0.25) is 9.69 Å². The summed E-state index contributed by atoms with van der Waals surface area (Å²) in [7, 11) is 0. The van der Waals surface area contributed by atoms with Crippen LogP contribution in [0.15, 0.2) is 49.2 Å². The molecule has 2 amide bonds. The van der Waals surface area contributed by atoms with E-state index in [-0.39, 0.29) is 18.0 Å². The van der Waals surface area contributed by atoms with Crippen molar-refractivity contribution in [1.82, 2.24) is 9.88 Å². The van der Waals surface area contributed by atoms with E-state index in [0.717, 1.165) is 23.6 Å². The van der Waals surface area contributed by atoms with E-state index in [4.69, 9.17) is 4.74 Å². The van der Waals surface area contributed by atoms with Gasteiger partial charge < -0.3 is 9.64 Å². The second-order valence-electron chi connectivity index (χ2n) is 7.99. The van der Waals surface area contributed by atoms with E-state index in [0.29, 0.717) is 18.9 Å². The van der Waals surface area contributed by atoms with Crippen LogP contribution in [-0.2, 0) is 9.53 Å². The van der Waals surface area contributed by atoms with Crippen LogP contribution < -0.4 is 4.90 Å². The molecule has 0 aliphatic carbocycles. The first-order valence-electron chi connectivity index (χ1n) is 9.57. The van der Waals surface area contributed by atoms with Crippen molar-refractivity contribution in [2.24, 2.45) is 0 Å². The number of pyridine rings is 1. The van der Waals surface area contributed by atoms with Crippen LogP contribution >= 0.6 is 0 Å². The predicted octanol–water partition coefficient (Wildman–Crippen LogP) is 4.15. The maximum absolute atomic E-state index is 12.8. The fraction of sp³-hybridized carbons (Fsp3) is 0.409. The molecule has 0 spiro atoms. The summed E-state index contributed by atoms with van der Waals surface area (Å²) >= 11 is 0. The predicted molar refractivity (Wildman–Crippen MR) is 110 cm³/mol. The fourth-order valence-corrected chi connectivity index (χ4v) is 3.51. The van der Waals surface area contributed by atoms with Crippen LogP contribution in [0, 0.1) is 0 Å². The maximum Gasteiger partial charge on any atom is 0.410 e. The number of piperidine rings is 1. The third-order valence-electron chi connectivity index (χ3n) is 4.71.